The molecule has 0 saturated heterocycles. The molecule has 0 aromatic carbocycles. The molecule has 6 nitrogen and oxygen atoms in total. The number of guanidine groups is 1. The molecule has 0 radical (unpaired) electrons. The predicted molar refractivity (Wildman–Crippen MR) is 116 cm³/mol. The molecular weight excluding hydrogens is 463 g/mol. The zero-order valence-electron chi connectivity index (χ0n) is 15.0. The van der Waals surface area contributed by atoms with Crippen LogP contribution in [0.25, 0.3) is 0 Å². The summed E-state index contributed by atoms with van der Waals surface area (Å²) in [6.45, 7) is 1.45. The lowest BCUT2D eigenvalue weighted by Gasteiger charge is -2.11. The summed E-state index contributed by atoms with van der Waals surface area (Å²) in [6.07, 6.45) is 9.89. The molecule has 2 heterocycles. The van der Waals surface area contributed by atoms with Crippen LogP contribution >= 0.6 is 35.6 Å². The summed E-state index contributed by atoms with van der Waals surface area (Å²) in [5.74, 6) is 0.775. The first-order valence-corrected chi connectivity index (χ1v) is 9.21. The van der Waals surface area contributed by atoms with E-state index < -0.39 is 0 Å². The van der Waals surface area contributed by atoms with Crippen molar-refractivity contribution in [3.63, 3.8) is 0 Å². The third-order valence-corrected chi connectivity index (χ3v) is 4.74. The van der Waals surface area contributed by atoms with E-state index in [9.17, 15) is 0 Å². The molecule has 1 aliphatic rings. The first kappa shape index (κ1) is 21.0. The second-order valence-electron chi connectivity index (χ2n) is 6.32. The van der Waals surface area contributed by atoms with Crippen molar-refractivity contribution >= 4 is 41.5 Å². The molecule has 0 amide bonds. The minimum Gasteiger partial charge on any atom is -0.356 e. The third-order valence-electron chi connectivity index (χ3n) is 4.52. The lowest BCUT2D eigenvalue weighted by atomic mass is 10.2. The van der Waals surface area contributed by atoms with Gasteiger partial charge in [0.05, 0.1) is 18.3 Å². The van der Waals surface area contributed by atoms with Gasteiger partial charge >= 0.3 is 0 Å². The molecular formula is C18H26ClIN6. The molecule has 0 unspecified atom stereocenters. The number of nitrogens with zero attached hydrogens (tertiary/aromatic N) is 4. The van der Waals surface area contributed by atoms with Gasteiger partial charge in [-0.25, -0.2) is 4.98 Å². The van der Waals surface area contributed by atoms with E-state index in [-0.39, 0.29) is 24.0 Å². The van der Waals surface area contributed by atoms with E-state index in [4.69, 9.17) is 11.6 Å². The SMILES string of the molecule is CN=C(NCCc1ccc(Cl)nc1)NCc1ccn(C2CCCC2)n1.I. The maximum atomic E-state index is 5.80. The Morgan fingerprint density at radius 3 is 2.77 bits per heavy atom. The molecule has 2 aromatic heterocycles. The highest BCUT2D eigenvalue weighted by Gasteiger charge is 2.17. The molecule has 2 aromatic rings. The van der Waals surface area contributed by atoms with E-state index in [1.54, 1.807) is 13.2 Å². The Bertz CT molecular complexity index is 694. The highest BCUT2D eigenvalue weighted by molar-refractivity contribution is 14.0. The van der Waals surface area contributed by atoms with Crippen molar-refractivity contribution in [1.82, 2.24) is 25.4 Å². The zero-order valence-corrected chi connectivity index (χ0v) is 18.1. The van der Waals surface area contributed by atoms with Crippen molar-refractivity contribution in [2.24, 2.45) is 4.99 Å². The standard InChI is InChI=1S/C18H25ClN6.HI/c1-20-18(21-10-8-14-6-7-17(19)22-12-14)23-13-15-9-11-25(24-15)16-4-2-3-5-16;/h6-7,9,11-12,16H,2-5,8,10,13H2,1H3,(H2,20,21,23);1H. The number of nitrogens with one attached hydrogen (secondary N) is 2. The zero-order chi connectivity index (χ0) is 17.5. The highest BCUT2D eigenvalue weighted by atomic mass is 127. The molecule has 0 atom stereocenters. The van der Waals surface area contributed by atoms with Gasteiger partial charge in [0.25, 0.3) is 0 Å². The topological polar surface area (TPSA) is 67.1 Å². The monoisotopic (exact) mass is 488 g/mol. The second kappa shape index (κ2) is 10.7. The first-order valence-electron chi connectivity index (χ1n) is 8.83. The maximum absolute atomic E-state index is 5.80. The van der Waals surface area contributed by atoms with Crippen molar-refractivity contribution in [3.05, 3.63) is 47.0 Å². The fourth-order valence-corrected chi connectivity index (χ4v) is 3.23. The van der Waals surface area contributed by atoms with Crippen LogP contribution in [0.5, 0.6) is 0 Å². The fraction of sp³-hybridized carbons (Fsp3) is 0.500. The number of hydrogen-bond acceptors (Lipinski definition) is 3. The van der Waals surface area contributed by atoms with E-state index >= 15 is 0 Å². The van der Waals surface area contributed by atoms with Crippen molar-refractivity contribution in [2.45, 2.75) is 44.7 Å². The van der Waals surface area contributed by atoms with E-state index in [0.717, 1.165) is 30.2 Å². The van der Waals surface area contributed by atoms with Gasteiger partial charge in [-0.2, -0.15) is 5.10 Å². The molecule has 26 heavy (non-hydrogen) atoms. The lowest BCUT2D eigenvalue weighted by molar-refractivity contribution is 0.462. The fourth-order valence-electron chi connectivity index (χ4n) is 3.12. The molecule has 1 aliphatic carbocycles. The molecule has 1 fully saturated rings. The first-order chi connectivity index (χ1) is 12.2. The predicted octanol–water partition coefficient (Wildman–Crippen LogP) is 3.57. The Balaban J connectivity index is 0.00000243. The number of halogens is 2. The van der Waals surface area contributed by atoms with Gasteiger partial charge in [0.15, 0.2) is 5.96 Å². The summed E-state index contributed by atoms with van der Waals surface area (Å²) in [7, 11) is 1.77. The van der Waals surface area contributed by atoms with E-state index in [1.165, 1.54) is 25.7 Å². The van der Waals surface area contributed by atoms with E-state index in [0.29, 0.717) is 17.7 Å². The lowest BCUT2D eigenvalue weighted by Crippen LogP contribution is -2.38. The molecule has 3 rings (SSSR count). The highest BCUT2D eigenvalue weighted by Crippen LogP contribution is 2.28. The van der Waals surface area contributed by atoms with E-state index in [2.05, 4.69) is 42.7 Å². The summed E-state index contributed by atoms with van der Waals surface area (Å²) < 4.78 is 2.12. The Morgan fingerprint density at radius 2 is 2.08 bits per heavy atom. The van der Waals surface area contributed by atoms with Crippen LogP contribution in [0, 0.1) is 0 Å². The van der Waals surface area contributed by atoms with Crippen LogP contribution in [0.15, 0.2) is 35.6 Å². The van der Waals surface area contributed by atoms with Crippen LogP contribution < -0.4 is 10.6 Å². The molecule has 0 bridgehead atoms. The van der Waals surface area contributed by atoms with Crippen LogP contribution in [0.4, 0.5) is 0 Å². The smallest absolute Gasteiger partial charge is 0.191 e. The van der Waals surface area contributed by atoms with Gasteiger partial charge in [-0.05, 0) is 37.0 Å². The van der Waals surface area contributed by atoms with Crippen molar-refractivity contribution < 1.29 is 0 Å². The third kappa shape index (κ3) is 6.12. The van der Waals surface area contributed by atoms with Gasteiger partial charge in [-0.3, -0.25) is 9.67 Å². The van der Waals surface area contributed by atoms with Crippen molar-refractivity contribution in [2.75, 3.05) is 13.6 Å². The molecule has 0 spiro atoms. The summed E-state index contributed by atoms with van der Waals surface area (Å²) in [5.41, 5.74) is 2.18. The minimum atomic E-state index is 0. The van der Waals surface area contributed by atoms with Crippen LogP contribution in [-0.2, 0) is 13.0 Å². The Morgan fingerprint density at radius 1 is 1.27 bits per heavy atom. The average Bonchev–Trinajstić information content (AvgIpc) is 3.31. The van der Waals surface area contributed by atoms with Crippen LogP contribution in [0.3, 0.4) is 0 Å². The summed E-state index contributed by atoms with van der Waals surface area (Å²) in [6, 6.07) is 6.46. The second-order valence-corrected chi connectivity index (χ2v) is 6.70. The number of aromatic nitrogens is 3. The quantitative estimate of drug-likeness (QED) is 0.282. The maximum Gasteiger partial charge on any atom is 0.191 e. The van der Waals surface area contributed by atoms with Gasteiger partial charge in [0, 0.05) is 26.0 Å². The molecule has 0 aliphatic heterocycles. The number of rotatable bonds is 6. The molecule has 2 N–H and O–H groups in total. The number of aliphatic imine (C=N–C) groups is 1. The van der Waals surface area contributed by atoms with Crippen LogP contribution in [-0.4, -0.2) is 34.3 Å². The Hall–Kier alpha value is -1.35. The average molecular weight is 489 g/mol. The largest absolute Gasteiger partial charge is 0.356 e. The van der Waals surface area contributed by atoms with Gasteiger partial charge in [-0.15, -0.1) is 24.0 Å². The summed E-state index contributed by atoms with van der Waals surface area (Å²) >= 11 is 5.80. The van der Waals surface area contributed by atoms with Crippen molar-refractivity contribution in [1.29, 1.82) is 0 Å². The molecule has 1 saturated carbocycles. The molecule has 8 heteroatoms. The van der Waals surface area contributed by atoms with Crippen LogP contribution in [0.1, 0.15) is 43.0 Å². The normalized spacial score (nSPS) is 14.9. The van der Waals surface area contributed by atoms with Gasteiger partial charge < -0.3 is 10.6 Å². The van der Waals surface area contributed by atoms with Gasteiger partial charge in [0.1, 0.15) is 5.15 Å². The summed E-state index contributed by atoms with van der Waals surface area (Å²) in [4.78, 5) is 8.34. The minimum absolute atomic E-state index is 0. The Labute approximate surface area is 176 Å². The van der Waals surface area contributed by atoms with Gasteiger partial charge in [0.2, 0.25) is 0 Å². The number of hydrogen-bond donors (Lipinski definition) is 2. The summed E-state index contributed by atoms with van der Waals surface area (Å²) in [5, 5.41) is 11.8. The van der Waals surface area contributed by atoms with Crippen molar-refractivity contribution in [3.8, 4) is 0 Å². The molecule has 142 valence electrons. The van der Waals surface area contributed by atoms with Crippen LogP contribution in [0.2, 0.25) is 5.15 Å². The van der Waals surface area contributed by atoms with E-state index in [1.807, 2.05) is 12.1 Å². The number of pyridine rings is 1. The Kier molecular flexibility index (Phi) is 8.64. The van der Waals surface area contributed by atoms with Gasteiger partial charge in [-0.1, -0.05) is 30.5 Å².